The lowest BCUT2D eigenvalue weighted by atomic mass is 10.0. The number of rotatable bonds is 9. The molecule has 0 amide bonds. The van der Waals surface area contributed by atoms with E-state index in [9.17, 15) is 19.7 Å². The third-order valence-corrected chi connectivity index (χ3v) is 8.91. The zero-order valence-corrected chi connectivity index (χ0v) is 25.9. The van der Waals surface area contributed by atoms with Gasteiger partial charge in [-0.15, -0.1) is 11.3 Å². The molecule has 13 heteroatoms. The average Bonchev–Trinajstić information content (AvgIpc) is 3.60. The quantitative estimate of drug-likeness (QED) is 0.138. The van der Waals surface area contributed by atoms with Crippen molar-refractivity contribution in [2.24, 2.45) is 4.99 Å². The number of aromatic nitrogens is 1. The van der Waals surface area contributed by atoms with E-state index in [0.29, 0.717) is 42.1 Å². The molecule has 2 aromatic heterocycles. The van der Waals surface area contributed by atoms with Gasteiger partial charge < -0.3 is 14.2 Å². The van der Waals surface area contributed by atoms with Crippen LogP contribution in [0.2, 0.25) is 0 Å². The molecule has 10 nitrogen and oxygen atoms in total. The molecule has 216 valence electrons. The van der Waals surface area contributed by atoms with Crippen LogP contribution in [0.3, 0.4) is 0 Å². The predicted molar refractivity (Wildman–Crippen MR) is 163 cm³/mol. The fourth-order valence-electron chi connectivity index (χ4n) is 4.49. The van der Waals surface area contributed by atoms with E-state index in [2.05, 4.69) is 20.9 Å². The second-order valence-corrected chi connectivity index (χ2v) is 11.9. The Bertz CT molecular complexity index is 1880. The summed E-state index contributed by atoms with van der Waals surface area (Å²) in [6.07, 6.45) is 1.74. The Morgan fingerprint density at radius 2 is 2.00 bits per heavy atom. The Balaban J connectivity index is 1.51. The predicted octanol–water partition coefficient (Wildman–Crippen LogP) is 5.12. The molecule has 1 aliphatic rings. The summed E-state index contributed by atoms with van der Waals surface area (Å²) in [5, 5.41) is 12.8. The highest BCUT2D eigenvalue weighted by atomic mass is 79.9. The summed E-state index contributed by atoms with van der Waals surface area (Å²) < 4.78 is 19.5. The van der Waals surface area contributed by atoms with Crippen molar-refractivity contribution in [2.75, 3.05) is 13.7 Å². The molecule has 0 bridgehead atoms. The van der Waals surface area contributed by atoms with Crippen molar-refractivity contribution >= 4 is 56.3 Å². The topological polar surface area (TPSA) is 122 Å². The molecule has 0 saturated heterocycles. The zero-order chi connectivity index (χ0) is 30.0. The second kappa shape index (κ2) is 12.4. The number of fused-ring (bicyclic) bond motifs is 1. The number of hydrogen-bond acceptors (Lipinski definition) is 10. The van der Waals surface area contributed by atoms with Crippen molar-refractivity contribution in [1.29, 1.82) is 0 Å². The number of non-ortho nitro benzene ring substituents is 1. The number of nitro groups is 1. The molecule has 0 saturated carbocycles. The molecule has 0 spiro atoms. The SMILES string of the molecule is CCOC(=O)C1=C(C)N=c2s/c(=C\c3cc(Br)c(OCc4ccc([N+](=O)[O-])cc4)c(OC)c3)c(=O)n2[C@@H]1c1cccs1. The normalized spacial score (nSPS) is 14.8. The van der Waals surface area contributed by atoms with E-state index in [1.165, 1.54) is 41.9 Å². The Hall–Kier alpha value is -4.07. The number of allylic oxidation sites excluding steroid dienone is 1. The van der Waals surface area contributed by atoms with Gasteiger partial charge in [0.25, 0.3) is 11.2 Å². The lowest BCUT2D eigenvalue weighted by Gasteiger charge is -2.23. The van der Waals surface area contributed by atoms with Gasteiger partial charge in [-0.2, -0.15) is 0 Å². The van der Waals surface area contributed by atoms with E-state index in [-0.39, 0.29) is 24.5 Å². The third kappa shape index (κ3) is 5.80. The first-order valence-corrected chi connectivity index (χ1v) is 15.2. The number of thiazole rings is 1. The minimum Gasteiger partial charge on any atom is -0.493 e. The summed E-state index contributed by atoms with van der Waals surface area (Å²) >= 11 is 6.23. The monoisotopic (exact) mass is 669 g/mol. The van der Waals surface area contributed by atoms with Crippen molar-refractivity contribution in [3.63, 3.8) is 0 Å². The minimum atomic E-state index is -0.640. The maximum atomic E-state index is 13.8. The van der Waals surface area contributed by atoms with Crippen LogP contribution in [0.15, 0.2) is 79.4 Å². The molecule has 2 aromatic carbocycles. The summed E-state index contributed by atoms with van der Waals surface area (Å²) in [7, 11) is 1.51. The van der Waals surface area contributed by atoms with Gasteiger partial charge in [-0.1, -0.05) is 17.4 Å². The van der Waals surface area contributed by atoms with Gasteiger partial charge in [0.15, 0.2) is 16.3 Å². The number of benzene rings is 2. The number of methoxy groups -OCH3 is 1. The van der Waals surface area contributed by atoms with Crippen LogP contribution in [0, 0.1) is 10.1 Å². The summed E-state index contributed by atoms with van der Waals surface area (Å²) in [6.45, 7) is 3.86. The number of hydrogen-bond donors (Lipinski definition) is 0. The first-order valence-electron chi connectivity index (χ1n) is 12.7. The Morgan fingerprint density at radius 3 is 2.64 bits per heavy atom. The first kappa shape index (κ1) is 29.4. The van der Waals surface area contributed by atoms with Gasteiger partial charge in [-0.05, 0) is 82.7 Å². The maximum Gasteiger partial charge on any atom is 0.338 e. The smallest absolute Gasteiger partial charge is 0.338 e. The Labute approximate surface area is 256 Å². The fourth-order valence-corrected chi connectivity index (χ4v) is 6.94. The summed E-state index contributed by atoms with van der Waals surface area (Å²) in [6, 6.07) is 12.8. The average molecular weight is 671 g/mol. The number of nitro benzene ring substituents is 1. The lowest BCUT2D eigenvalue weighted by molar-refractivity contribution is -0.384. The molecule has 42 heavy (non-hydrogen) atoms. The number of thiophene rings is 1. The van der Waals surface area contributed by atoms with Gasteiger partial charge in [0.2, 0.25) is 0 Å². The van der Waals surface area contributed by atoms with Crippen LogP contribution >= 0.6 is 38.6 Å². The third-order valence-electron chi connectivity index (χ3n) is 6.41. The molecule has 3 heterocycles. The van der Waals surface area contributed by atoms with Crippen LogP contribution in [-0.2, 0) is 16.1 Å². The fraction of sp³-hybridized carbons (Fsp3) is 0.207. The summed E-state index contributed by atoms with van der Waals surface area (Å²) in [5.41, 5.74) is 2.01. The number of esters is 1. The molecule has 0 N–H and O–H groups in total. The number of ether oxygens (including phenoxy) is 3. The van der Waals surface area contributed by atoms with Crippen LogP contribution < -0.4 is 24.4 Å². The van der Waals surface area contributed by atoms with Gasteiger partial charge in [0.1, 0.15) is 12.6 Å². The van der Waals surface area contributed by atoms with E-state index < -0.39 is 16.9 Å². The van der Waals surface area contributed by atoms with E-state index in [0.717, 1.165) is 10.4 Å². The number of carbonyl (C=O) groups excluding carboxylic acids is 1. The van der Waals surface area contributed by atoms with Crippen LogP contribution in [0.25, 0.3) is 6.08 Å². The summed E-state index contributed by atoms with van der Waals surface area (Å²) in [4.78, 5) is 43.1. The highest BCUT2D eigenvalue weighted by molar-refractivity contribution is 9.10. The molecule has 1 atom stereocenters. The van der Waals surface area contributed by atoms with E-state index in [4.69, 9.17) is 14.2 Å². The minimum absolute atomic E-state index is 0.00105. The highest BCUT2D eigenvalue weighted by Crippen LogP contribution is 2.38. The second-order valence-electron chi connectivity index (χ2n) is 9.06. The van der Waals surface area contributed by atoms with E-state index in [1.807, 2.05) is 17.5 Å². The highest BCUT2D eigenvalue weighted by Gasteiger charge is 2.33. The van der Waals surface area contributed by atoms with Crippen molar-refractivity contribution in [3.05, 3.63) is 115 Å². The van der Waals surface area contributed by atoms with Crippen LogP contribution in [-0.4, -0.2) is 29.2 Å². The molecule has 4 aromatic rings. The Morgan fingerprint density at radius 1 is 1.24 bits per heavy atom. The zero-order valence-electron chi connectivity index (χ0n) is 22.7. The van der Waals surface area contributed by atoms with Crippen molar-refractivity contribution < 1.29 is 23.9 Å². The van der Waals surface area contributed by atoms with E-state index >= 15 is 0 Å². The maximum absolute atomic E-state index is 13.8. The Kier molecular flexibility index (Phi) is 8.71. The van der Waals surface area contributed by atoms with Gasteiger partial charge in [-0.3, -0.25) is 19.5 Å². The molecule has 1 aliphatic heterocycles. The lowest BCUT2D eigenvalue weighted by Crippen LogP contribution is -2.39. The van der Waals surface area contributed by atoms with Crippen molar-refractivity contribution in [2.45, 2.75) is 26.5 Å². The van der Waals surface area contributed by atoms with Gasteiger partial charge in [0.05, 0.1) is 38.9 Å². The van der Waals surface area contributed by atoms with Crippen molar-refractivity contribution in [3.8, 4) is 11.5 Å². The van der Waals surface area contributed by atoms with Crippen LogP contribution in [0.4, 0.5) is 5.69 Å². The van der Waals surface area contributed by atoms with E-state index in [1.54, 1.807) is 48.8 Å². The molecular weight excluding hydrogens is 646 g/mol. The van der Waals surface area contributed by atoms with Gasteiger partial charge >= 0.3 is 5.97 Å². The molecule has 0 fully saturated rings. The number of halogens is 1. The van der Waals surface area contributed by atoms with Crippen LogP contribution in [0.5, 0.6) is 11.5 Å². The number of nitrogens with zero attached hydrogens (tertiary/aromatic N) is 3. The molecule has 5 rings (SSSR count). The molecular formula is C29H24BrN3O7S2. The first-order chi connectivity index (χ1) is 20.2. The standard InChI is InChI=1S/C29H24BrN3O7S2/c1-4-39-28(35)24-16(2)31-29-32(25(24)22-6-5-11-41-22)27(34)23(42-29)14-18-12-20(30)26(21(13-18)38-3)40-15-17-7-9-19(10-8-17)33(36)37/h5-14,25H,4,15H2,1-3H3/b23-14-/t25-/m1/s1. The molecule has 0 aliphatic carbocycles. The van der Waals surface area contributed by atoms with Crippen molar-refractivity contribution in [1.82, 2.24) is 4.57 Å². The number of carbonyl (C=O) groups is 1. The summed E-state index contributed by atoms with van der Waals surface area (Å²) in [5.74, 6) is 0.383. The largest absolute Gasteiger partial charge is 0.493 e. The molecule has 0 radical (unpaired) electrons. The molecule has 0 unspecified atom stereocenters. The van der Waals surface area contributed by atoms with Gasteiger partial charge in [-0.25, -0.2) is 9.79 Å². The van der Waals surface area contributed by atoms with Gasteiger partial charge in [0, 0.05) is 17.0 Å². The van der Waals surface area contributed by atoms with Crippen LogP contribution in [0.1, 0.15) is 35.9 Å².